The second-order valence-electron chi connectivity index (χ2n) is 9.21. The summed E-state index contributed by atoms with van der Waals surface area (Å²) in [7, 11) is 0. The zero-order chi connectivity index (χ0) is 20.3. The lowest BCUT2D eigenvalue weighted by Crippen LogP contribution is -2.30. The Morgan fingerprint density at radius 1 is 1.25 bits per heavy atom. The minimum absolute atomic E-state index is 0.134. The van der Waals surface area contributed by atoms with Crippen molar-refractivity contribution in [2.24, 2.45) is 11.3 Å². The molecule has 2 aromatic rings. The molecule has 154 valence electrons. The van der Waals surface area contributed by atoms with Crippen LogP contribution in [0.2, 0.25) is 0 Å². The van der Waals surface area contributed by atoms with Crippen LogP contribution in [0.3, 0.4) is 0 Å². The van der Waals surface area contributed by atoms with Crippen molar-refractivity contribution in [3.63, 3.8) is 0 Å². The molecule has 5 nitrogen and oxygen atoms in total. The van der Waals surface area contributed by atoms with Crippen LogP contribution in [-0.4, -0.2) is 28.7 Å². The van der Waals surface area contributed by atoms with Crippen molar-refractivity contribution >= 4 is 16.9 Å². The Morgan fingerprint density at radius 2 is 1.96 bits per heavy atom. The molecule has 1 saturated carbocycles. The zero-order valence-corrected chi connectivity index (χ0v) is 17.6. The predicted octanol–water partition coefficient (Wildman–Crippen LogP) is 5.02. The number of benzene rings is 1. The van der Waals surface area contributed by atoms with Crippen LogP contribution in [0, 0.1) is 18.3 Å². The fraction of sp³-hybridized carbons (Fsp3) is 0.609. The first-order valence-electron chi connectivity index (χ1n) is 10.4. The van der Waals surface area contributed by atoms with E-state index in [2.05, 4.69) is 56.2 Å². The molecule has 0 radical (unpaired) electrons. The molecule has 0 spiro atoms. The number of nitrogens with one attached hydrogen (secondary N) is 2. The topological polar surface area (TPSA) is 74.4 Å². The molecule has 1 aromatic carbocycles. The third kappa shape index (κ3) is 5.07. The van der Waals surface area contributed by atoms with Crippen LogP contribution in [0.25, 0.3) is 10.9 Å². The van der Waals surface area contributed by atoms with E-state index in [-0.39, 0.29) is 6.42 Å². The first-order chi connectivity index (χ1) is 13.2. The molecule has 1 heterocycles. The van der Waals surface area contributed by atoms with Crippen LogP contribution >= 0.6 is 0 Å². The number of rotatable bonds is 7. The summed E-state index contributed by atoms with van der Waals surface area (Å²) in [5.74, 6) is 0.955. The Labute approximate surface area is 167 Å². The maximum absolute atomic E-state index is 10.6. The van der Waals surface area contributed by atoms with E-state index in [0.717, 1.165) is 35.7 Å². The number of carboxylic acid groups (broad SMARTS) is 1. The highest BCUT2D eigenvalue weighted by atomic mass is 16.5. The third-order valence-electron chi connectivity index (χ3n) is 6.15. The van der Waals surface area contributed by atoms with Gasteiger partial charge in [0.05, 0.1) is 12.5 Å². The second-order valence-corrected chi connectivity index (χ2v) is 9.21. The number of hydrogen-bond donors (Lipinski definition) is 3. The SMILES string of the molecule is Cc1c(CNCCC(=O)O)[nH]c2ccc(OC3CCC(C(C)(C)C)CC3)cc12. The van der Waals surface area contributed by atoms with E-state index in [1.807, 2.05) is 0 Å². The van der Waals surface area contributed by atoms with E-state index in [1.54, 1.807) is 0 Å². The highest BCUT2D eigenvalue weighted by Crippen LogP contribution is 2.39. The predicted molar refractivity (Wildman–Crippen MR) is 113 cm³/mol. The molecule has 3 rings (SSSR count). The Hall–Kier alpha value is -2.01. The van der Waals surface area contributed by atoms with Gasteiger partial charge < -0.3 is 20.1 Å². The summed E-state index contributed by atoms with van der Waals surface area (Å²) in [6, 6.07) is 6.27. The number of aromatic amines is 1. The largest absolute Gasteiger partial charge is 0.490 e. The van der Waals surface area contributed by atoms with E-state index in [9.17, 15) is 4.79 Å². The van der Waals surface area contributed by atoms with Gasteiger partial charge in [0.2, 0.25) is 0 Å². The molecule has 0 saturated heterocycles. The summed E-state index contributed by atoms with van der Waals surface area (Å²) in [4.78, 5) is 14.1. The summed E-state index contributed by atoms with van der Waals surface area (Å²) >= 11 is 0. The van der Waals surface area contributed by atoms with Gasteiger partial charge in [-0.05, 0) is 67.7 Å². The van der Waals surface area contributed by atoms with Crippen molar-refractivity contribution in [3.05, 3.63) is 29.5 Å². The number of carboxylic acids is 1. The van der Waals surface area contributed by atoms with Crippen molar-refractivity contribution in [3.8, 4) is 5.75 Å². The Balaban J connectivity index is 1.61. The van der Waals surface area contributed by atoms with E-state index in [4.69, 9.17) is 9.84 Å². The van der Waals surface area contributed by atoms with Gasteiger partial charge in [-0.1, -0.05) is 20.8 Å². The normalized spacial score (nSPS) is 20.4. The van der Waals surface area contributed by atoms with E-state index < -0.39 is 5.97 Å². The Kier molecular flexibility index (Phi) is 6.33. The number of H-pyrrole nitrogens is 1. The molecule has 0 unspecified atom stereocenters. The summed E-state index contributed by atoms with van der Waals surface area (Å²) < 4.78 is 6.32. The lowest BCUT2D eigenvalue weighted by molar-refractivity contribution is -0.136. The van der Waals surface area contributed by atoms with Crippen molar-refractivity contribution < 1.29 is 14.6 Å². The first-order valence-corrected chi connectivity index (χ1v) is 10.4. The number of ether oxygens (including phenoxy) is 1. The van der Waals surface area contributed by atoms with Gasteiger partial charge in [0.1, 0.15) is 5.75 Å². The number of hydrogen-bond acceptors (Lipinski definition) is 3. The molecule has 1 aromatic heterocycles. The summed E-state index contributed by atoms with van der Waals surface area (Å²) in [6.45, 7) is 10.2. The molecule has 1 aliphatic rings. The smallest absolute Gasteiger partial charge is 0.304 e. The maximum Gasteiger partial charge on any atom is 0.304 e. The fourth-order valence-electron chi connectivity index (χ4n) is 4.26. The van der Waals surface area contributed by atoms with Crippen molar-refractivity contribution in [1.29, 1.82) is 0 Å². The van der Waals surface area contributed by atoms with Crippen LogP contribution in [0.4, 0.5) is 0 Å². The summed E-state index contributed by atoms with van der Waals surface area (Å²) in [5, 5.41) is 13.1. The molecule has 28 heavy (non-hydrogen) atoms. The summed E-state index contributed by atoms with van der Waals surface area (Å²) in [6.07, 6.45) is 5.19. The van der Waals surface area contributed by atoms with Crippen molar-refractivity contribution in [2.75, 3.05) is 6.54 Å². The van der Waals surface area contributed by atoms with E-state index in [1.165, 1.54) is 23.8 Å². The van der Waals surface area contributed by atoms with Gasteiger partial charge in [0.15, 0.2) is 0 Å². The highest BCUT2D eigenvalue weighted by Gasteiger charge is 2.30. The molecule has 1 fully saturated rings. The molecule has 0 atom stereocenters. The van der Waals surface area contributed by atoms with E-state index >= 15 is 0 Å². The molecule has 3 N–H and O–H groups in total. The third-order valence-corrected chi connectivity index (χ3v) is 6.15. The fourth-order valence-corrected chi connectivity index (χ4v) is 4.26. The van der Waals surface area contributed by atoms with Crippen LogP contribution in [0.1, 0.15) is 64.1 Å². The summed E-state index contributed by atoms with van der Waals surface area (Å²) in [5.41, 5.74) is 3.78. The lowest BCUT2D eigenvalue weighted by Gasteiger charge is -2.36. The van der Waals surface area contributed by atoms with Crippen molar-refractivity contribution in [1.82, 2.24) is 10.3 Å². The first kappa shape index (κ1) is 20.7. The molecule has 5 heteroatoms. The van der Waals surface area contributed by atoms with Gasteiger partial charge in [-0.15, -0.1) is 0 Å². The van der Waals surface area contributed by atoms with Crippen LogP contribution in [0.5, 0.6) is 5.75 Å². The van der Waals surface area contributed by atoms with Gasteiger partial charge in [0.25, 0.3) is 0 Å². The average Bonchev–Trinajstić information content (AvgIpc) is 2.94. The maximum atomic E-state index is 10.6. The molecule has 0 amide bonds. The monoisotopic (exact) mass is 386 g/mol. The second kappa shape index (κ2) is 8.56. The van der Waals surface area contributed by atoms with Crippen LogP contribution < -0.4 is 10.1 Å². The standard InChI is InChI=1S/C23H34N2O3/c1-15-19-13-18(28-17-7-5-16(6-8-17)23(2,3)4)9-10-20(19)25-21(15)14-24-12-11-22(26)27/h9-10,13,16-17,24-25H,5-8,11-12,14H2,1-4H3,(H,26,27). The van der Waals surface area contributed by atoms with Crippen molar-refractivity contribution in [2.45, 2.75) is 72.4 Å². The molecular formula is C23H34N2O3. The molecule has 0 bridgehead atoms. The number of aryl methyl sites for hydroxylation is 1. The van der Waals surface area contributed by atoms with Gasteiger partial charge in [-0.25, -0.2) is 0 Å². The average molecular weight is 387 g/mol. The highest BCUT2D eigenvalue weighted by molar-refractivity contribution is 5.85. The molecule has 1 aliphatic carbocycles. The minimum atomic E-state index is -0.779. The van der Waals surface area contributed by atoms with Gasteiger partial charge in [-0.2, -0.15) is 0 Å². The minimum Gasteiger partial charge on any atom is -0.490 e. The Bertz CT molecular complexity index is 811. The number of carbonyl (C=O) groups is 1. The van der Waals surface area contributed by atoms with Crippen LogP contribution in [-0.2, 0) is 11.3 Å². The van der Waals surface area contributed by atoms with E-state index in [0.29, 0.717) is 24.6 Å². The zero-order valence-electron chi connectivity index (χ0n) is 17.6. The Morgan fingerprint density at radius 3 is 2.61 bits per heavy atom. The number of fused-ring (bicyclic) bond motifs is 1. The van der Waals surface area contributed by atoms with Gasteiger partial charge in [0, 0.05) is 29.7 Å². The quantitative estimate of drug-likeness (QED) is 0.584. The van der Waals surface area contributed by atoms with Crippen LogP contribution in [0.15, 0.2) is 18.2 Å². The lowest BCUT2D eigenvalue weighted by atomic mass is 9.72. The number of aromatic nitrogens is 1. The van der Waals surface area contributed by atoms with Gasteiger partial charge in [-0.3, -0.25) is 4.79 Å². The van der Waals surface area contributed by atoms with Gasteiger partial charge >= 0.3 is 5.97 Å². The molecule has 0 aliphatic heterocycles. The number of aliphatic carboxylic acids is 1. The molecular weight excluding hydrogens is 352 g/mol.